The second-order valence-corrected chi connectivity index (χ2v) is 8.89. The predicted octanol–water partition coefficient (Wildman–Crippen LogP) is 3.91. The molecule has 1 amide bonds. The van der Waals surface area contributed by atoms with Gasteiger partial charge in [0.1, 0.15) is 29.0 Å². The van der Waals surface area contributed by atoms with Crippen LogP contribution in [0, 0.1) is 21.8 Å². The zero-order valence-corrected chi connectivity index (χ0v) is 19.2. The Morgan fingerprint density at radius 3 is 2.55 bits per heavy atom. The molecule has 178 valence electrons. The maximum Gasteiger partial charge on any atom is 0.296 e. The van der Waals surface area contributed by atoms with Crippen molar-refractivity contribution in [2.75, 3.05) is 11.9 Å². The van der Waals surface area contributed by atoms with Gasteiger partial charge in [0.25, 0.3) is 5.69 Å². The molecule has 33 heavy (non-hydrogen) atoms. The van der Waals surface area contributed by atoms with Gasteiger partial charge in [-0.1, -0.05) is 12.1 Å². The van der Waals surface area contributed by atoms with Crippen molar-refractivity contribution < 1.29 is 24.0 Å². The third-order valence-corrected chi connectivity index (χ3v) is 5.96. The van der Waals surface area contributed by atoms with Crippen LogP contribution in [0.4, 0.5) is 15.8 Å². The number of fused-ring (bicyclic) bond motifs is 1. The fourth-order valence-corrected chi connectivity index (χ4v) is 3.91. The monoisotopic (exact) mass is 479 g/mol. The number of nitro benzene ring substituents is 1. The summed E-state index contributed by atoms with van der Waals surface area (Å²) in [4.78, 5) is 23.3. The third-order valence-electron chi connectivity index (χ3n) is 5.96. The lowest BCUT2D eigenvalue weighted by molar-refractivity contribution is -0.384. The molecule has 1 saturated carbocycles. The summed E-state index contributed by atoms with van der Waals surface area (Å²) in [6.45, 7) is 3.90. The second kappa shape index (κ2) is 9.62. The largest absolute Gasteiger partial charge is 0.484 e. The molecule has 0 saturated heterocycles. The van der Waals surface area contributed by atoms with Crippen molar-refractivity contribution in [2.45, 2.75) is 50.9 Å². The van der Waals surface area contributed by atoms with Crippen molar-refractivity contribution in [1.82, 2.24) is 5.32 Å². The first-order chi connectivity index (χ1) is 15.2. The van der Waals surface area contributed by atoms with Gasteiger partial charge in [-0.25, -0.2) is 4.39 Å². The molecule has 3 N–H and O–H groups in total. The highest BCUT2D eigenvalue weighted by atomic mass is 35.5. The summed E-state index contributed by atoms with van der Waals surface area (Å²) < 4.78 is 19.0. The van der Waals surface area contributed by atoms with Crippen LogP contribution in [0.15, 0.2) is 36.4 Å². The van der Waals surface area contributed by atoms with Crippen LogP contribution in [-0.4, -0.2) is 34.2 Å². The summed E-state index contributed by atoms with van der Waals surface area (Å²) in [6, 6.07) is 8.43. The van der Waals surface area contributed by atoms with E-state index < -0.39 is 22.7 Å². The van der Waals surface area contributed by atoms with Gasteiger partial charge in [-0.05, 0) is 63.4 Å². The average Bonchev–Trinajstić information content (AvgIpc) is 3.57. The molecular formula is C23H27ClFN3O5. The molecule has 1 heterocycles. The molecule has 10 heteroatoms. The molecular weight excluding hydrogens is 453 g/mol. The molecule has 0 bridgehead atoms. The number of hydrogen-bond acceptors (Lipinski definition) is 6. The number of carbonyl (C=O) groups is 1. The molecule has 0 aromatic heterocycles. The number of ether oxygens (including phenoxy) is 1. The maximum absolute atomic E-state index is 13.1. The number of nitrogens with zero attached hydrogens (tertiary/aromatic N) is 1. The lowest BCUT2D eigenvalue weighted by atomic mass is 9.86. The summed E-state index contributed by atoms with van der Waals surface area (Å²) >= 11 is 0. The van der Waals surface area contributed by atoms with Crippen LogP contribution in [-0.2, 0) is 11.2 Å². The summed E-state index contributed by atoms with van der Waals surface area (Å²) in [7, 11) is 0. The zero-order valence-electron chi connectivity index (χ0n) is 18.3. The summed E-state index contributed by atoms with van der Waals surface area (Å²) in [5, 5.41) is 28.6. The van der Waals surface area contributed by atoms with Gasteiger partial charge in [-0.2, -0.15) is 0 Å². The van der Waals surface area contributed by atoms with Gasteiger partial charge in [0, 0.05) is 11.5 Å². The number of carbonyl (C=O) groups excluding carboxylic acids is 1. The fraction of sp³-hybridized carbons (Fsp3) is 0.435. The second-order valence-electron chi connectivity index (χ2n) is 8.89. The molecule has 0 radical (unpaired) electrons. The lowest BCUT2D eigenvalue weighted by Gasteiger charge is -2.42. The Morgan fingerprint density at radius 1 is 1.27 bits per heavy atom. The van der Waals surface area contributed by atoms with Gasteiger partial charge in [-0.15, -0.1) is 12.4 Å². The molecule has 8 nitrogen and oxygen atoms in total. The van der Waals surface area contributed by atoms with Crippen LogP contribution in [0.25, 0.3) is 0 Å². The van der Waals surface area contributed by atoms with Crippen LogP contribution in [0.2, 0.25) is 0 Å². The first-order valence-corrected chi connectivity index (χ1v) is 10.6. The van der Waals surface area contributed by atoms with Gasteiger partial charge in [0.15, 0.2) is 0 Å². The number of aliphatic hydroxyl groups is 1. The normalized spacial score (nSPS) is 20.7. The number of nitrogens with one attached hydrogen (secondary N) is 2. The summed E-state index contributed by atoms with van der Waals surface area (Å²) in [5.41, 5.74) is 0.308. The molecule has 2 aliphatic rings. The van der Waals surface area contributed by atoms with Gasteiger partial charge in [0.05, 0.1) is 17.0 Å². The maximum atomic E-state index is 13.1. The molecule has 1 aliphatic carbocycles. The molecule has 0 unspecified atom stereocenters. The van der Waals surface area contributed by atoms with E-state index in [-0.39, 0.29) is 47.2 Å². The van der Waals surface area contributed by atoms with Crippen molar-refractivity contribution in [2.24, 2.45) is 5.92 Å². The fourth-order valence-electron chi connectivity index (χ4n) is 3.91. The van der Waals surface area contributed by atoms with E-state index in [1.807, 2.05) is 0 Å². The Balaban J connectivity index is 0.00000306. The average molecular weight is 480 g/mol. The van der Waals surface area contributed by atoms with Crippen LogP contribution in [0.3, 0.4) is 0 Å². The number of anilines is 1. The molecule has 2 atom stereocenters. The predicted molar refractivity (Wildman–Crippen MR) is 123 cm³/mol. The minimum atomic E-state index is -0.993. The zero-order chi connectivity index (χ0) is 23.0. The van der Waals surface area contributed by atoms with Crippen molar-refractivity contribution >= 4 is 29.7 Å². The van der Waals surface area contributed by atoms with Crippen molar-refractivity contribution in [3.63, 3.8) is 0 Å². The van der Waals surface area contributed by atoms with E-state index in [1.165, 1.54) is 24.3 Å². The van der Waals surface area contributed by atoms with Crippen molar-refractivity contribution in [3.05, 3.63) is 63.5 Å². The summed E-state index contributed by atoms with van der Waals surface area (Å²) in [6.07, 6.45) is 1.19. The Labute approximate surface area is 197 Å². The summed E-state index contributed by atoms with van der Waals surface area (Å²) in [5.74, 6) is -0.377. The van der Waals surface area contributed by atoms with Crippen molar-refractivity contribution in [1.29, 1.82) is 0 Å². The van der Waals surface area contributed by atoms with Gasteiger partial charge in [-0.3, -0.25) is 14.9 Å². The van der Waals surface area contributed by atoms with Crippen LogP contribution < -0.4 is 15.4 Å². The van der Waals surface area contributed by atoms with Crippen LogP contribution in [0.5, 0.6) is 5.75 Å². The molecule has 2 aromatic carbocycles. The Hall–Kier alpha value is -2.75. The quantitative estimate of drug-likeness (QED) is 0.410. The van der Waals surface area contributed by atoms with E-state index in [1.54, 1.807) is 26.0 Å². The van der Waals surface area contributed by atoms with E-state index in [2.05, 4.69) is 10.6 Å². The standard InChI is InChI=1S/C23H26FN3O5.ClH/c1-23(2)21(28)20(25-10-9-13-3-7-15(24)8-4-13)16-11-17(26-22(29)14-5-6-14)18(27(30)31)12-19(16)32-23;/h3-4,7-8,11-12,14,20-21,25,28H,5-6,9-10H2,1-2H3,(H,26,29);1H/t20-,21+;/m0./s1. The third kappa shape index (κ3) is 5.43. The first kappa shape index (κ1) is 24.9. The smallest absolute Gasteiger partial charge is 0.296 e. The minimum absolute atomic E-state index is 0. The lowest BCUT2D eigenvalue weighted by Crippen LogP contribution is -2.52. The Morgan fingerprint density at radius 2 is 1.94 bits per heavy atom. The minimum Gasteiger partial charge on any atom is -0.484 e. The van der Waals surface area contributed by atoms with E-state index in [0.717, 1.165) is 18.4 Å². The van der Waals surface area contributed by atoms with Crippen LogP contribution in [0.1, 0.15) is 43.9 Å². The number of nitro groups is 1. The number of hydrogen-bond donors (Lipinski definition) is 3. The first-order valence-electron chi connectivity index (χ1n) is 10.6. The number of benzene rings is 2. The molecule has 2 aromatic rings. The van der Waals surface area contributed by atoms with Crippen molar-refractivity contribution in [3.8, 4) is 5.75 Å². The topological polar surface area (TPSA) is 114 Å². The highest BCUT2D eigenvalue weighted by Gasteiger charge is 2.44. The molecule has 1 fully saturated rings. The Bertz CT molecular complexity index is 1040. The Kier molecular flexibility index (Phi) is 7.26. The SMILES string of the molecule is CC1(C)Oc2cc([N+](=O)[O-])c(NC(=O)C3CC3)cc2[C@H](NCCc2ccc(F)cc2)[C@H]1O.Cl. The highest BCUT2D eigenvalue weighted by molar-refractivity contribution is 5.96. The number of aliphatic hydroxyl groups excluding tert-OH is 1. The van der Waals surface area contributed by atoms with Gasteiger partial charge >= 0.3 is 0 Å². The van der Waals surface area contributed by atoms with Gasteiger partial charge < -0.3 is 20.5 Å². The van der Waals surface area contributed by atoms with Crippen LogP contribution >= 0.6 is 12.4 Å². The highest BCUT2D eigenvalue weighted by Crippen LogP contribution is 2.44. The number of rotatable bonds is 7. The molecule has 4 rings (SSSR count). The van der Waals surface area contributed by atoms with E-state index in [0.29, 0.717) is 18.5 Å². The number of amides is 1. The van der Waals surface area contributed by atoms with Gasteiger partial charge in [0.2, 0.25) is 5.91 Å². The van der Waals surface area contributed by atoms with E-state index in [9.17, 15) is 24.4 Å². The van der Waals surface area contributed by atoms with E-state index >= 15 is 0 Å². The van der Waals surface area contributed by atoms with E-state index in [4.69, 9.17) is 4.74 Å². The molecule has 1 aliphatic heterocycles. The number of halogens is 2. The molecule has 0 spiro atoms.